The van der Waals surface area contributed by atoms with Crippen molar-refractivity contribution in [3.05, 3.63) is 40.5 Å². The Balaban J connectivity index is 3.45. The van der Waals surface area contributed by atoms with Crippen LogP contribution in [-0.4, -0.2) is 46.3 Å². The highest BCUT2D eigenvalue weighted by Crippen LogP contribution is 2.19. The summed E-state index contributed by atoms with van der Waals surface area (Å²) in [5.74, 6) is -4.59. The summed E-state index contributed by atoms with van der Waals surface area (Å²) in [6, 6.07) is 3.34. The second-order valence-corrected chi connectivity index (χ2v) is 6.22. The molecular formula is C20H24O8. The van der Waals surface area contributed by atoms with Crippen LogP contribution in [-0.2, 0) is 19.1 Å². The Morgan fingerprint density at radius 1 is 0.929 bits per heavy atom. The van der Waals surface area contributed by atoms with E-state index in [1.54, 1.807) is 27.7 Å². The largest absolute Gasteiger partial charge is 0.478 e. The summed E-state index contributed by atoms with van der Waals surface area (Å²) in [4.78, 5) is 47.5. The van der Waals surface area contributed by atoms with Gasteiger partial charge < -0.3 is 19.7 Å². The maximum atomic E-state index is 12.5. The van der Waals surface area contributed by atoms with Gasteiger partial charge in [0.2, 0.25) is 0 Å². The predicted octanol–water partition coefficient (Wildman–Crippen LogP) is 3.15. The van der Waals surface area contributed by atoms with E-state index in [1.807, 2.05) is 0 Å². The first kappa shape index (κ1) is 22.9. The van der Waals surface area contributed by atoms with Gasteiger partial charge in [0.1, 0.15) is 5.57 Å². The number of benzene rings is 1. The van der Waals surface area contributed by atoms with E-state index in [9.17, 15) is 24.3 Å². The molecule has 0 aliphatic rings. The number of hydrogen-bond acceptors (Lipinski definition) is 6. The van der Waals surface area contributed by atoms with Gasteiger partial charge >= 0.3 is 23.9 Å². The summed E-state index contributed by atoms with van der Waals surface area (Å²) < 4.78 is 10.4. The first-order valence-electron chi connectivity index (χ1n) is 8.84. The number of hydrogen-bond donors (Lipinski definition) is 2. The van der Waals surface area contributed by atoms with Gasteiger partial charge in [-0.2, -0.15) is 0 Å². The highest BCUT2D eigenvalue weighted by Gasteiger charge is 2.25. The van der Waals surface area contributed by atoms with E-state index in [2.05, 4.69) is 0 Å². The Bertz CT molecular complexity index is 767. The molecule has 0 aliphatic carbocycles. The number of carbonyl (C=O) groups excluding carboxylic acids is 2. The van der Waals surface area contributed by atoms with Crippen LogP contribution in [0.3, 0.4) is 0 Å². The smallest absolute Gasteiger partial charge is 0.345 e. The molecule has 1 aromatic carbocycles. The molecule has 0 aromatic heterocycles. The topological polar surface area (TPSA) is 127 Å². The van der Waals surface area contributed by atoms with Crippen molar-refractivity contribution in [1.29, 1.82) is 0 Å². The number of esters is 2. The van der Waals surface area contributed by atoms with Gasteiger partial charge in [-0.1, -0.05) is 19.9 Å². The highest BCUT2D eigenvalue weighted by molar-refractivity contribution is 6.18. The lowest BCUT2D eigenvalue weighted by atomic mass is 10.0. The Morgan fingerprint density at radius 2 is 1.43 bits per heavy atom. The number of ether oxygens (including phenoxy) is 2. The van der Waals surface area contributed by atoms with Crippen LogP contribution < -0.4 is 0 Å². The zero-order valence-electron chi connectivity index (χ0n) is 16.2. The SMILES string of the molecule is CCC(C)OC(=O)C(=Cc1ccc(C(=O)O)cc1C(=O)O)C(=O)OC(C)CC. The lowest BCUT2D eigenvalue weighted by molar-refractivity contribution is -0.151. The normalized spacial score (nSPS) is 12.4. The Kier molecular flexibility index (Phi) is 8.37. The van der Waals surface area contributed by atoms with Gasteiger partial charge in [0.25, 0.3) is 0 Å². The molecule has 8 nitrogen and oxygen atoms in total. The summed E-state index contributed by atoms with van der Waals surface area (Å²) in [6.07, 6.45) is 1.17. The summed E-state index contributed by atoms with van der Waals surface area (Å²) >= 11 is 0. The van der Waals surface area contributed by atoms with Crippen molar-refractivity contribution in [1.82, 2.24) is 0 Å². The summed E-state index contributed by atoms with van der Waals surface area (Å²) in [5, 5.41) is 18.4. The molecular weight excluding hydrogens is 368 g/mol. The predicted molar refractivity (Wildman–Crippen MR) is 100 cm³/mol. The third-order valence-electron chi connectivity index (χ3n) is 4.04. The monoisotopic (exact) mass is 392 g/mol. The van der Waals surface area contributed by atoms with Gasteiger partial charge in [0.05, 0.1) is 23.3 Å². The molecule has 2 unspecified atom stereocenters. The molecule has 0 aliphatic heterocycles. The van der Waals surface area contributed by atoms with Crippen molar-refractivity contribution in [2.24, 2.45) is 0 Å². The maximum absolute atomic E-state index is 12.5. The Hall–Kier alpha value is -3.16. The van der Waals surface area contributed by atoms with Gasteiger partial charge in [-0.05, 0) is 50.5 Å². The molecule has 0 saturated carbocycles. The molecule has 152 valence electrons. The lowest BCUT2D eigenvalue weighted by Crippen LogP contribution is -2.24. The van der Waals surface area contributed by atoms with Crippen molar-refractivity contribution < 1.29 is 38.9 Å². The molecule has 0 heterocycles. The number of aromatic carboxylic acids is 2. The van der Waals surface area contributed by atoms with Gasteiger partial charge in [-0.3, -0.25) is 0 Å². The fourth-order valence-electron chi connectivity index (χ4n) is 2.02. The lowest BCUT2D eigenvalue weighted by Gasteiger charge is -2.15. The van der Waals surface area contributed by atoms with Crippen LogP contribution in [0.5, 0.6) is 0 Å². The van der Waals surface area contributed by atoms with Crippen LogP contribution in [0.2, 0.25) is 0 Å². The quantitative estimate of drug-likeness (QED) is 0.284. The molecule has 0 saturated heterocycles. The van der Waals surface area contributed by atoms with E-state index < -0.39 is 41.7 Å². The molecule has 0 radical (unpaired) electrons. The fourth-order valence-corrected chi connectivity index (χ4v) is 2.02. The summed E-state index contributed by atoms with van der Waals surface area (Å²) in [5.41, 5.74) is -1.09. The minimum Gasteiger partial charge on any atom is -0.478 e. The fraction of sp³-hybridized carbons (Fsp3) is 0.400. The molecule has 28 heavy (non-hydrogen) atoms. The second kappa shape index (κ2) is 10.2. The Morgan fingerprint density at radius 3 is 1.82 bits per heavy atom. The van der Waals surface area contributed by atoms with E-state index in [1.165, 1.54) is 12.1 Å². The van der Waals surface area contributed by atoms with Crippen LogP contribution in [0.15, 0.2) is 23.8 Å². The zero-order chi connectivity index (χ0) is 21.4. The van der Waals surface area contributed by atoms with Gasteiger partial charge in [0, 0.05) is 0 Å². The third-order valence-corrected chi connectivity index (χ3v) is 4.04. The molecule has 0 fully saturated rings. The van der Waals surface area contributed by atoms with Crippen molar-refractivity contribution >= 4 is 30.0 Å². The van der Waals surface area contributed by atoms with Crippen LogP contribution in [0.4, 0.5) is 0 Å². The molecule has 2 N–H and O–H groups in total. The van der Waals surface area contributed by atoms with E-state index in [0.29, 0.717) is 12.8 Å². The maximum Gasteiger partial charge on any atom is 0.345 e. The minimum absolute atomic E-state index is 0.0188. The molecule has 1 aromatic rings. The van der Waals surface area contributed by atoms with Gasteiger partial charge in [-0.25, -0.2) is 19.2 Å². The van der Waals surface area contributed by atoms with Gasteiger partial charge in [-0.15, -0.1) is 0 Å². The summed E-state index contributed by atoms with van der Waals surface area (Å²) in [7, 11) is 0. The molecule has 0 spiro atoms. The van der Waals surface area contributed by atoms with E-state index in [0.717, 1.165) is 12.1 Å². The molecule has 0 amide bonds. The minimum atomic E-state index is -1.40. The number of rotatable bonds is 9. The van der Waals surface area contributed by atoms with Crippen LogP contribution in [0, 0.1) is 0 Å². The van der Waals surface area contributed by atoms with E-state index in [-0.39, 0.29) is 16.7 Å². The van der Waals surface area contributed by atoms with Crippen LogP contribution in [0.25, 0.3) is 6.08 Å². The van der Waals surface area contributed by atoms with Crippen molar-refractivity contribution in [3.63, 3.8) is 0 Å². The van der Waals surface area contributed by atoms with Crippen molar-refractivity contribution in [2.45, 2.75) is 52.7 Å². The van der Waals surface area contributed by atoms with Crippen LogP contribution in [0.1, 0.15) is 66.8 Å². The van der Waals surface area contributed by atoms with E-state index in [4.69, 9.17) is 14.6 Å². The molecule has 2 atom stereocenters. The first-order chi connectivity index (χ1) is 13.1. The highest BCUT2D eigenvalue weighted by atomic mass is 16.6. The van der Waals surface area contributed by atoms with Crippen molar-refractivity contribution in [2.75, 3.05) is 0 Å². The number of carboxylic acids is 2. The average Bonchev–Trinajstić information content (AvgIpc) is 2.65. The third kappa shape index (κ3) is 6.22. The standard InChI is InChI=1S/C20H24O8/c1-5-11(3)27-19(25)16(20(26)28-12(4)6-2)9-13-7-8-14(17(21)22)10-15(13)18(23)24/h7-12H,5-6H2,1-4H3,(H,21,22)(H,23,24). The second-order valence-electron chi connectivity index (χ2n) is 6.22. The number of carbonyl (C=O) groups is 4. The number of carboxylic acid groups (broad SMARTS) is 2. The Labute approximate surface area is 162 Å². The van der Waals surface area contributed by atoms with Crippen molar-refractivity contribution in [3.8, 4) is 0 Å². The van der Waals surface area contributed by atoms with Crippen LogP contribution >= 0.6 is 0 Å². The van der Waals surface area contributed by atoms with Gasteiger partial charge in [0.15, 0.2) is 0 Å². The first-order valence-corrected chi connectivity index (χ1v) is 8.84. The van der Waals surface area contributed by atoms with E-state index >= 15 is 0 Å². The summed E-state index contributed by atoms with van der Waals surface area (Å²) in [6.45, 7) is 6.90. The zero-order valence-corrected chi connectivity index (χ0v) is 16.2. The molecule has 8 heteroatoms. The molecule has 0 bridgehead atoms. The molecule has 1 rings (SSSR count). The average molecular weight is 392 g/mol.